The average Bonchev–Trinajstić information content (AvgIpc) is 2.94. The van der Waals surface area contributed by atoms with Crippen molar-refractivity contribution in [3.8, 4) is 0 Å². The molecule has 0 radical (unpaired) electrons. The third kappa shape index (κ3) is 3.94. The summed E-state index contributed by atoms with van der Waals surface area (Å²) in [5.41, 5.74) is 4.59. The van der Waals surface area contributed by atoms with Gasteiger partial charge in [-0.05, 0) is 49.6 Å². The fraction of sp³-hybridized carbons (Fsp3) is 0.200. The Hall–Kier alpha value is -2.53. The number of halogens is 1. The van der Waals surface area contributed by atoms with Crippen LogP contribution in [0.4, 0.5) is 10.1 Å². The zero-order valence-electron chi connectivity index (χ0n) is 14.4. The van der Waals surface area contributed by atoms with Gasteiger partial charge in [-0.3, -0.25) is 4.79 Å². The SMILES string of the molecule is Cc1cccc(C)c1NC(=O)c1sc(Cc2ccc(F)cc2)nc1C. The number of carbonyl (C=O) groups is 1. The Labute approximate surface area is 150 Å². The van der Waals surface area contributed by atoms with Crippen LogP contribution in [0.5, 0.6) is 0 Å². The maximum Gasteiger partial charge on any atom is 0.267 e. The fourth-order valence-corrected chi connectivity index (χ4v) is 3.69. The maximum atomic E-state index is 13.0. The van der Waals surface area contributed by atoms with E-state index in [0.717, 1.165) is 27.4 Å². The third-order valence-corrected chi connectivity index (χ3v) is 5.19. The summed E-state index contributed by atoms with van der Waals surface area (Å²) < 4.78 is 13.0. The lowest BCUT2D eigenvalue weighted by atomic mass is 10.1. The first kappa shape index (κ1) is 17.3. The molecule has 0 saturated carbocycles. The van der Waals surface area contributed by atoms with Crippen LogP contribution in [0.25, 0.3) is 0 Å². The van der Waals surface area contributed by atoms with E-state index in [9.17, 15) is 9.18 Å². The molecule has 2 aromatic carbocycles. The summed E-state index contributed by atoms with van der Waals surface area (Å²) >= 11 is 1.38. The van der Waals surface area contributed by atoms with Gasteiger partial charge in [0, 0.05) is 12.1 Å². The Bertz CT molecular complexity index is 896. The molecule has 5 heteroatoms. The normalized spacial score (nSPS) is 10.7. The number of para-hydroxylation sites is 1. The molecule has 1 aromatic heterocycles. The topological polar surface area (TPSA) is 42.0 Å². The zero-order valence-corrected chi connectivity index (χ0v) is 15.2. The molecule has 3 nitrogen and oxygen atoms in total. The molecule has 128 valence electrons. The predicted molar refractivity (Wildman–Crippen MR) is 99.9 cm³/mol. The van der Waals surface area contributed by atoms with Gasteiger partial charge in [0.25, 0.3) is 5.91 Å². The molecule has 0 fully saturated rings. The van der Waals surface area contributed by atoms with Crippen molar-refractivity contribution in [2.75, 3.05) is 5.32 Å². The Balaban J connectivity index is 1.80. The summed E-state index contributed by atoms with van der Waals surface area (Å²) in [6, 6.07) is 12.3. The van der Waals surface area contributed by atoms with Crippen LogP contribution in [-0.4, -0.2) is 10.9 Å². The minimum atomic E-state index is -0.257. The molecule has 0 aliphatic heterocycles. The molecule has 0 unspecified atom stereocenters. The van der Waals surface area contributed by atoms with Gasteiger partial charge in [0.1, 0.15) is 10.7 Å². The quantitative estimate of drug-likeness (QED) is 0.712. The molecule has 3 rings (SSSR count). The highest BCUT2D eigenvalue weighted by Crippen LogP contribution is 2.25. The second-order valence-electron chi connectivity index (χ2n) is 6.05. The van der Waals surface area contributed by atoms with E-state index >= 15 is 0 Å². The number of hydrogen-bond acceptors (Lipinski definition) is 3. The van der Waals surface area contributed by atoms with Crippen LogP contribution in [0.1, 0.15) is 37.1 Å². The van der Waals surface area contributed by atoms with E-state index in [0.29, 0.717) is 17.0 Å². The largest absolute Gasteiger partial charge is 0.321 e. The minimum absolute atomic E-state index is 0.141. The molecule has 0 bridgehead atoms. The zero-order chi connectivity index (χ0) is 18.0. The van der Waals surface area contributed by atoms with E-state index < -0.39 is 0 Å². The lowest BCUT2D eigenvalue weighted by molar-refractivity contribution is 0.102. The highest BCUT2D eigenvalue weighted by atomic mass is 32.1. The molecular formula is C20H19FN2OS. The van der Waals surface area contributed by atoms with Crippen molar-refractivity contribution in [2.45, 2.75) is 27.2 Å². The summed E-state index contributed by atoms with van der Waals surface area (Å²) in [5, 5.41) is 3.85. The Morgan fingerprint density at radius 2 is 1.72 bits per heavy atom. The van der Waals surface area contributed by atoms with Crippen molar-refractivity contribution in [3.05, 3.63) is 80.6 Å². The molecule has 1 N–H and O–H groups in total. The number of thiazole rings is 1. The van der Waals surface area contributed by atoms with Crippen LogP contribution in [-0.2, 0) is 6.42 Å². The van der Waals surface area contributed by atoms with Crippen LogP contribution in [0.3, 0.4) is 0 Å². The number of carbonyl (C=O) groups excluding carboxylic acids is 1. The Morgan fingerprint density at radius 3 is 2.36 bits per heavy atom. The van der Waals surface area contributed by atoms with Crippen molar-refractivity contribution < 1.29 is 9.18 Å². The number of anilines is 1. The molecule has 0 saturated heterocycles. The first-order valence-corrected chi connectivity index (χ1v) is 8.84. The van der Waals surface area contributed by atoms with Gasteiger partial charge in [0.15, 0.2) is 0 Å². The van der Waals surface area contributed by atoms with E-state index in [2.05, 4.69) is 10.3 Å². The number of rotatable bonds is 4. The molecule has 25 heavy (non-hydrogen) atoms. The Morgan fingerprint density at radius 1 is 1.08 bits per heavy atom. The number of nitrogens with one attached hydrogen (secondary N) is 1. The molecule has 0 aliphatic rings. The number of nitrogens with zero attached hydrogens (tertiary/aromatic N) is 1. The van der Waals surface area contributed by atoms with Gasteiger partial charge in [-0.1, -0.05) is 30.3 Å². The standard InChI is InChI=1S/C20H19FN2OS/c1-12-5-4-6-13(2)18(12)23-20(24)19-14(3)22-17(25-19)11-15-7-9-16(21)10-8-15/h4-10H,11H2,1-3H3,(H,23,24). The van der Waals surface area contributed by atoms with Gasteiger partial charge in [-0.25, -0.2) is 9.37 Å². The monoisotopic (exact) mass is 354 g/mol. The number of amides is 1. The van der Waals surface area contributed by atoms with Gasteiger partial charge in [-0.15, -0.1) is 11.3 Å². The van der Waals surface area contributed by atoms with Crippen molar-refractivity contribution in [3.63, 3.8) is 0 Å². The molecule has 1 amide bonds. The van der Waals surface area contributed by atoms with Crippen LogP contribution in [0.15, 0.2) is 42.5 Å². The van der Waals surface area contributed by atoms with Crippen molar-refractivity contribution >= 4 is 22.9 Å². The highest BCUT2D eigenvalue weighted by Gasteiger charge is 2.17. The van der Waals surface area contributed by atoms with E-state index in [-0.39, 0.29) is 11.7 Å². The number of hydrogen-bond donors (Lipinski definition) is 1. The van der Waals surface area contributed by atoms with Gasteiger partial charge >= 0.3 is 0 Å². The van der Waals surface area contributed by atoms with Crippen molar-refractivity contribution in [1.29, 1.82) is 0 Å². The predicted octanol–water partition coefficient (Wildman–Crippen LogP) is 5.05. The van der Waals surface area contributed by atoms with Gasteiger partial charge < -0.3 is 5.32 Å². The number of benzene rings is 2. The smallest absolute Gasteiger partial charge is 0.267 e. The fourth-order valence-electron chi connectivity index (χ4n) is 2.70. The first-order chi connectivity index (χ1) is 11.9. The van der Waals surface area contributed by atoms with E-state index in [4.69, 9.17) is 0 Å². The first-order valence-electron chi connectivity index (χ1n) is 8.02. The molecule has 0 aliphatic carbocycles. The molecular weight excluding hydrogens is 335 g/mol. The summed E-state index contributed by atoms with van der Waals surface area (Å²) in [7, 11) is 0. The molecule has 3 aromatic rings. The molecule has 0 spiro atoms. The minimum Gasteiger partial charge on any atom is -0.321 e. The molecule has 1 heterocycles. The summed E-state index contributed by atoms with van der Waals surface area (Å²) in [5.74, 6) is -0.398. The lowest BCUT2D eigenvalue weighted by Gasteiger charge is -2.10. The van der Waals surface area contributed by atoms with Gasteiger partial charge in [-0.2, -0.15) is 0 Å². The lowest BCUT2D eigenvalue weighted by Crippen LogP contribution is -2.13. The van der Waals surface area contributed by atoms with E-state index in [1.807, 2.05) is 39.0 Å². The summed E-state index contributed by atoms with van der Waals surface area (Å²) in [6.07, 6.45) is 0.586. The van der Waals surface area contributed by atoms with Crippen molar-refractivity contribution in [2.24, 2.45) is 0 Å². The Kier molecular flexibility index (Phi) is 4.95. The van der Waals surface area contributed by atoms with Crippen LogP contribution < -0.4 is 5.32 Å². The van der Waals surface area contributed by atoms with Crippen LogP contribution in [0, 0.1) is 26.6 Å². The summed E-state index contributed by atoms with van der Waals surface area (Å²) in [4.78, 5) is 17.8. The highest BCUT2D eigenvalue weighted by molar-refractivity contribution is 7.14. The third-order valence-electron chi connectivity index (χ3n) is 4.04. The van der Waals surface area contributed by atoms with Crippen LogP contribution >= 0.6 is 11.3 Å². The number of aryl methyl sites for hydroxylation is 3. The van der Waals surface area contributed by atoms with E-state index in [1.54, 1.807) is 12.1 Å². The number of aromatic nitrogens is 1. The second-order valence-corrected chi connectivity index (χ2v) is 7.13. The van der Waals surface area contributed by atoms with Crippen molar-refractivity contribution in [1.82, 2.24) is 4.98 Å². The second kappa shape index (κ2) is 7.15. The summed E-state index contributed by atoms with van der Waals surface area (Å²) in [6.45, 7) is 5.79. The maximum absolute atomic E-state index is 13.0. The van der Waals surface area contributed by atoms with Gasteiger partial charge in [0.2, 0.25) is 0 Å². The van der Waals surface area contributed by atoms with E-state index in [1.165, 1.54) is 23.5 Å². The van der Waals surface area contributed by atoms with Crippen LogP contribution in [0.2, 0.25) is 0 Å². The average molecular weight is 354 g/mol. The molecule has 0 atom stereocenters. The van der Waals surface area contributed by atoms with Gasteiger partial charge in [0.05, 0.1) is 10.7 Å².